The van der Waals surface area contributed by atoms with Gasteiger partial charge in [0.1, 0.15) is 28.8 Å². The lowest BCUT2D eigenvalue weighted by Gasteiger charge is -2.37. The number of benzene rings is 1. The average Bonchev–Trinajstić information content (AvgIpc) is 3.91. The Bertz CT molecular complexity index is 2330. The number of nitrogens with one attached hydrogen (secondary N) is 3. The van der Waals surface area contributed by atoms with Gasteiger partial charge in [0.25, 0.3) is 5.91 Å². The van der Waals surface area contributed by atoms with E-state index < -0.39 is 59.0 Å². The molecule has 2 amide bonds. The molecule has 21 heteroatoms. The molecule has 1 aromatic carbocycles. The van der Waals surface area contributed by atoms with Gasteiger partial charge in [0.15, 0.2) is 11.5 Å². The molecule has 6 aromatic rings. The van der Waals surface area contributed by atoms with Crippen molar-refractivity contribution in [1.29, 1.82) is 0 Å². The number of aromatic amines is 2. The highest BCUT2D eigenvalue weighted by atomic mass is 19.4. The minimum absolute atomic E-state index is 0.0442. The number of aromatic nitrogens is 10. The van der Waals surface area contributed by atoms with Crippen LogP contribution < -0.4 is 5.32 Å². The second kappa shape index (κ2) is 13.1. The summed E-state index contributed by atoms with van der Waals surface area (Å²) in [6.07, 6.45) is -0.571. The van der Waals surface area contributed by atoms with Gasteiger partial charge in [-0.3, -0.25) is 19.4 Å². The van der Waals surface area contributed by atoms with Gasteiger partial charge in [-0.05, 0) is 49.6 Å². The first-order valence-corrected chi connectivity index (χ1v) is 15.9. The van der Waals surface area contributed by atoms with Crippen molar-refractivity contribution in [1.82, 2.24) is 60.4 Å². The zero-order valence-electron chi connectivity index (χ0n) is 27.6. The van der Waals surface area contributed by atoms with Crippen molar-refractivity contribution in [3.63, 3.8) is 0 Å². The lowest BCUT2D eigenvalue weighted by Crippen LogP contribution is -2.58. The third-order valence-electron chi connectivity index (χ3n) is 8.69. The molecular formula is C32H27F7N12O2. The van der Waals surface area contributed by atoms with Gasteiger partial charge in [0.05, 0.1) is 47.4 Å². The van der Waals surface area contributed by atoms with E-state index in [9.17, 15) is 31.5 Å². The van der Waals surface area contributed by atoms with Crippen molar-refractivity contribution >= 4 is 22.8 Å². The molecule has 1 aliphatic heterocycles. The zero-order chi connectivity index (χ0) is 37.8. The number of hydrogen-bond donors (Lipinski definition) is 3. The van der Waals surface area contributed by atoms with E-state index >= 15 is 8.78 Å². The highest BCUT2D eigenvalue weighted by Gasteiger charge is 2.40. The van der Waals surface area contributed by atoms with E-state index in [1.807, 2.05) is 0 Å². The number of rotatable bonds is 10. The molecule has 1 atom stereocenters. The first kappa shape index (κ1) is 35.3. The monoisotopic (exact) mass is 744 g/mol. The first-order chi connectivity index (χ1) is 25.1. The molecule has 53 heavy (non-hydrogen) atoms. The van der Waals surface area contributed by atoms with Gasteiger partial charge >= 0.3 is 12.7 Å². The van der Waals surface area contributed by atoms with E-state index in [-0.39, 0.29) is 59.7 Å². The van der Waals surface area contributed by atoms with Crippen molar-refractivity contribution in [3.8, 4) is 22.6 Å². The van der Waals surface area contributed by atoms with Crippen LogP contribution in [-0.2, 0) is 30.4 Å². The summed E-state index contributed by atoms with van der Waals surface area (Å²) in [5.41, 5.74) is -2.11. The quantitative estimate of drug-likeness (QED) is 0.170. The summed E-state index contributed by atoms with van der Waals surface area (Å²) < 4.78 is 100.0. The molecule has 0 spiro atoms. The Kier molecular flexibility index (Phi) is 8.73. The zero-order valence-corrected chi connectivity index (χ0v) is 27.6. The molecule has 0 fully saturated rings. The van der Waals surface area contributed by atoms with Crippen molar-refractivity contribution in [2.75, 3.05) is 6.54 Å². The number of H-pyrrole nitrogens is 2. The molecule has 0 radical (unpaired) electrons. The summed E-state index contributed by atoms with van der Waals surface area (Å²) >= 11 is 0. The van der Waals surface area contributed by atoms with E-state index in [0.717, 1.165) is 34.1 Å². The van der Waals surface area contributed by atoms with Crippen molar-refractivity contribution in [2.24, 2.45) is 0 Å². The molecule has 1 unspecified atom stereocenters. The fraction of sp³-hybridized carbons (Fsp3) is 0.312. The maximum Gasteiger partial charge on any atom is 0.435 e. The third-order valence-corrected chi connectivity index (χ3v) is 8.69. The summed E-state index contributed by atoms with van der Waals surface area (Å²) in [5, 5.41) is 26.3. The minimum atomic E-state index is -4.81. The maximum absolute atomic E-state index is 15.6. The normalized spacial score (nSPS) is 14.3. The SMILES string of the molecule is CC(C)(Cn1nc(C(F)(F)F)cc1-c1cn[nH]n1)NC(=O)C(Cc1cnn(C(F)F)c1)N1CCc2c(-c3nc4cn[nH]c4cc3F)ccc(F)c2C1=O. The molecule has 7 rings (SSSR count). The van der Waals surface area contributed by atoms with Crippen molar-refractivity contribution < 1.29 is 40.3 Å². The lowest BCUT2D eigenvalue weighted by molar-refractivity contribution is -0.141. The molecule has 0 saturated carbocycles. The first-order valence-electron chi connectivity index (χ1n) is 15.9. The van der Waals surface area contributed by atoms with E-state index in [4.69, 9.17) is 0 Å². The fourth-order valence-corrected chi connectivity index (χ4v) is 6.34. The number of amides is 2. The smallest absolute Gasteiger partial charge is 0.348 e. The fourth-order valence-electron chi connectivity index (χ4n) is 6.34. The summed E-state index contributed by atoms with van der Waals surface area (Å²) in [7, 11) is 0. The Hall–Kier alpha value is -6.15. The molecular weight excluding hydrogens is 717 g/mol. The van der Waals surface area contributed by atoms with E-state index in [1.54, 1.807) is 0 Å². The highest BCUT2D eigenvalue weighted by Crippen LogP contribution is 2.35. The molecule has 5 aromatic heterocycles. The van der Waals surface area contributed by atoms with Gasteiger partial charge in [0.2, 0.25) is 5.91 Å². The van der Waals surface area contributed by atoms with Crippen LogP contribution >= 0.6 is 0 Å². The van der Waals surface area contributed by atoms with Crippen LogP contribution in [0, 0.1) is 11.6 Å². The standard InChI is InChI=1S/C32H27F7N12O2/c1-31(2,14-51-23(22-12-41-48-46-22)9-25(47-51)32(37,38)39)44-28(52)24(7-15-10-42-50(13-15)30(35)36)49-6-5-16-17(3-4-18(33)26(16)29(49)53)27-19(34)8-20-21(43-27)11-40-45-20/h3-4,8-13,24,30H,5-7,14H2,1-2H3,(H,40,45)(H,44,52)(H,41,46,48). The highest BCUT2D eigenvalue weighted by molar-refractivity contribution is 6.01. The second-order valence-electron chi connectivity index (χ2n) is 12.9. The number of fused-ring (bicyclic) bond motifs is 2. The van der Waals surface area contributed by atoms with Crippen molar-refractivity contribution in [3.05, 3.63) is 83.1 Å². The molecule has 0 bridgehead atoms. The molecule has 276 valence electrons. The number of hydrogen-bond acceptors (Lipinski definition) is 8. The van der Waals surface area contributed by atoms with Gasteiger partial charge in [-0.15, -0.1) is 0 Å². The van der Waals surface area contributed by atoms with Gasteiger partial charge in [0, 0.05) is 30.8 Å². The molecule has 0 aliphatic carbocycles. The molecule has 6 heterocycles. The van der Waals surface area contributed by atoms with Crippen molar-refractivity contribution in [2.45, 2.75) is 57.5 Å². The van der Waals surface area contributed by atoms with Crippen LogP contribution in [0.1, 0.15) is 47.6 Å². The Morgan fingerprint density at radius 2 is 1.85 bits per heavy atom. The van der Waals surface area contributed by atoms with Crippen LogP contribution in [0.4, 0.5) is 30.7 Å². The van der Waals surface area contributed by atoms with Crippen LogP contribution in [0.25, 0.3) is 33.7 Å². The van der Waals surface area contributed by atoms with Crippen LogP contribution in [0.3, 0.4) is 0 Å². The average molecular weight is 745 g/mol. The maximum atomic E-state index is 15.6. The van der Waals surface area contributed by atoms with Gasteiger partial charge in [-0.25, -0.2) is 18.4 Å². The topological polar surface area (TPSA) is 168 Å². The molecule has 0 saturated heterocycles. The summed E-state index contributed by atoms with van der Waals surface area (Å²) in [6, 6.07) is 2.77. The second-order valence-corrected chi connectivity index (χ2v) is 12.9. The molecule has 1 aliphatic rings. The number of nitrogens with zero attached hydrogens (tertiary/aromatic N) is 9. The Morgan fingerprint density at radius 1 is 1.06 bits per heavy atom. The van der Waals surface area contributed by atoms with E-state index in [0.29, 0.717) is 15.7 Å². The summed E-state index contributed by atoms with van der Waals surface area (Å²) in [5.74, 6) is -3.48. The van der Waals surface area contributed by atoms with E-state index in [1.165, 1.54) is 38.4 Å². The largest absolute Gasteiger partial charge is 0.435 e. The third kappa shape index (κ3) is 6.80. The Balaban J connectivity index is 1.22. The van der Waals surface area contributed by atoms with Crippen LogP contribution in [-0.4, -0.2) is 85.0 Å². The summed E-state index contributed by atoms with van der Waals surface area (Å²) in [4.78, 5) is 33.7. The van der Waals surface area contributed by atoms with Crippen LogP contribution in [0.2, 0.25) is 0 Å². The molecule has 14 nitrogen and oxygen atoms in total. The van der Waals surface area contributed by atoms with Gasteiger partial charge < -0.3 is 10.2 Å². The Labute approximate surface area is 293 Å². The minimum Gasteiger partial charge on any atom is -0.348 e. The molecule has 3 N–H and O–H groups in total. The number of alkyl halides is 5. The van der Waals surface area contributed by atoms with Gasteiger partial charge in [-0.1, -0.05) is 0 Å². The predicted octanol–water partition coefficient (Wildman–Crippen LogP) is 4.70. The number of carbonyl (C=O) groups excluding carboxylic acids is 2. The Morgan fingerprint density at radius 3 is 2.55 bits per heavy atom. The van der Waals surface area contributed by atoms with Gasteiger partial charge in [-0.2, -0.15) is 52.7 Å². The van der Waals surface area contributed by atoms with E-state index in [2.05, 4.69) is 46.1 Å². The number of halogens is 7. The van der Waals surface area contributed by atoms with Crippen LogP contribution in [0.5, 0.6) is 0 Å². The number of carbonyl (C=O) groups is 2. The lowest BCUT2D eigenvalue weighted by atomic mass is 9.90. The van der Waals surface area contributed by atoms with Crippen LogP contribution in [0.15, 0.2) is 49.1 Å². The number of pyridine rings is 1. The predicted molar refractivity (Wildman–Crippen MR) is 170 cm³/mol. The summed E-state index contributed by atoms with van der Waals surface area (Å²) in [6.45, 7) is -0.535.